The molecule has 1 aromatic rings. The maximum Gasteiger partial charge on any atom is 0.256 e. The summed E-state index contributed by atoms with van der Waals surface area (Å²) in [6, 6.07) is 1.66. The molecule has 1 aromatic heterocycles. The van der Waals surface area contributed by atoms with Crippen molar-refractivity contribution < 1.29 is 9.47 Å². The van der Waals surface area contributed by atoms with Crippen molar-refractivity contribution in [1.29, 1.82) is 0 Å². The highest BCUT2D eigenvalue weighted by atomic mass is 16.5. The lowest BCUT2D eigenvalue weighted by molar-refractivity contribution is 0.343. The fraction of sp³-hybridized carbons (Fsp3) is 0.286. The Morgan fingerprint density at radius 3 is 2.64 bits per heavy atom. The van der Waals surface area contributed by atoms with Crippen LogP contribution in [0.25, 0.3) is 0 Å². The van der Waals surface area contributed by atoms with Gasteiger partial charge in [0.2, 0.25) is 0 Å². The lowest BCUT2D eigenvalue weighted by Gasteiger charge is -2.05. The topological polar surface area (TPSA) is 31.4 Å². The predicted octanol–water partition coefficient (Wildman–Crippen LogP) is -0.107. The van der Waals surface area contributed by atoms with E-state index in [1.807, 2.05) is 0 Å². The lowest BCUT2D eigenvalue weighted by atomic mass is 9.99. The molecule has 0 aromatic carbocycles. The summed E-state index contributed by atoms with van der Waals surface area (Å²) in [6.07, 6.45) is 1.52. The van der Waals surface area contributed by atoms with Crippen molar-refractivity contribution in [2.45, 2.75) is 0 Å². The van der Waals surface area contributed by atoms with Gasteiger partial charge in [-0.2, -0.15) is 0 Å². The third-order valence-electron chi connectivity index (χ3n) is 1.25. The molecular formula is C7H8BNO2. The van der Waals surface area contributed by atoms with E-state index in [0.29, 0.717) is 17.1 Å². The summed E-state index contributed by atoms with van der Waals surface area (Å²) in [5, 5.41) is 0. The average molecular weight is 149 g/mol. The van der Waals surface area contributed by atoms with E-state index >= 15 is 0 Å². The second-order valence-corrected chi connectivity index (χ2v) is 1.98. The fourth-order valence-electron chi connectivity index (χ4n) is 0.747. The monoisotopic (exact) mass is 149 g/mol. The molecule has 56 valence electrons. The summed E-state index contributed by atoms with van der Waals surface area (Å²) in [6.45, 7) is 0. The van der Waals surface area contributed by atoms with E-state index in [9.17, 15) is 0 Å². The summed E-state index contributed by atoms with van der Waals surface area (Å²) in [7, 11) is 8.53. The Balaban J connectivity index is 3.06. The molecular weight excluding hydrogens is 141 g/mol. The highest BCUT2D eigenvalue weighted by Crippen LogP contribution is 2.20. The molecule has 0 atom stereocenters. The maximum atomic E-state index is 5.46. The quantitative estimate of drug-likeness (QED) is 0.550. The molecule has 0 aliphatic carbocycles. The summed E-state index contributed by atoms with van der Waals surface area (Å²) >= 11 is 0. The molecule has 0 N–H and O–H groups in total. The minimum absolute atomic E-state index is 0.446. The Morgan fingerprint density at radius 2 is 2.09 bits per heavy atom. The van der Waals surface area contributed by atoms with Gasteiger partial charge in [-0.25, -0.2) is 4.98 Å². The minimum Gasteiger partial charge on any atom is -0.491 e. The van der Waals surface area contributed by atoms with E-state index in [-0.39, 0.29) is 0 Å². The molecule has 1 rings (SSSR count). The standard InChI is InChI=1S/C7H8BNO2/c1-10-6-3-5(8)4-9-7(6)11-2/h3-4H,1-2H3. The molecule has 11 heavy (non-hydrogen) atoms. The van der Waals surface area contributed by atoms with E-state index in [4.69, 9.17) is 17.3 Å². The van der Waals surface area contributed by atoms with Crippen LogP contribution in [-0.4, -0.2) is 27.0 Å². The number of nitrogens with zero attached hydrogens (tertiary/aromatic N) is 1. The van der Waals surface area contributed by atoms with Crippen LogP contribution in [-0.2, 0) is 0 Å². The largest absolute Gasteiger partial charge is 0.491 e. The molecule has 4 heteroatoms. The first-order chi connectivity index (χ1) is 5.27. The Labute approximate surface area is 66.8 Å². The first kappa shape index (κ1) is 7.92. The van der Waals surface area contributed by atoms with Gasteiger partial charge in [0.05, 0.1) is 14.2 Å². The molecule has 0 aliphatic heterocycles. The van der Waals surface area contributed by atoms with Crippen LogP contribution in [0.4, 0.5) is 0 Å². The van der Waals surface area contributed by atoms with Gasteiger partial charge in [-0.1, -0.05) is 5.46 Å². The van der Waals surface area contributed by atoms with Gasteiger partial charge in [0.15, 0.2) is 5.75 Å². The number of hydrogen-bond donors (Lipinski definition) is 0. The van der Waals surface area contributed by atoms with E-state index in [1.54, 1.807) is 13.2 Å². The van der Waals surface area contributed by atoms with Gasteiger partial charge >= 0.3 is 0 Å². The van der Waals surface area contributed by atoms with E-state index < -0.39 is 0 Å². The number of methoxy groups -OCH3 is 2. The van der Waals surface area contributed by atoms with Crippen LogP contribution in [0, 0.1) is 0 Å². The third-order valence-corrected chi connectivity index (χ3v) is 1.25. The molecule has 1 heterocycles. The van der Waals surface area contributed by atoms with Crippen molar-refractivity contribution in [3.05, 3.63) is 12.3 Å². The third kappa shape index (κ3) is 1.64. The number of aromatic nitrogens is 1. The van der Waals surface area contributed by atoms with Gasteiger partial charge in [0.1, 0.15) is 7.85 Å². The van der Waals surface area contributed by atoms with Gasteiger partial charge in [0.25, 0.3) is 5.88 Å². The predicted molar refractivity (Wildman–Crippen MR) is 42.7 cm³/mol. The zero-order chi connectivity index (χ0) is 8.27. The average Bonchev–Trinajstić information content (AvgIpc) is 2.04. The Kier molecular flexibility index (Phi) is 2.36. The highest BCUT2D eigenvalue weighted by Gasteiger charge is 2.02. The second-order valence-electron chi connectivity index (χ2n) is 1.98. The summed E-state index contributed by atoms with van der Waals surface area (Å²) < 4.78 is 9.85. The lowest BCUT2D eigenvalue weighted by Crippen LogP contribution is -2.05. The summed E-state index contributed by atoms with van der Waals surface area (Å²) in [5.41, 5.74) is 0.558. The number of pyridine rings is 1. The van der Waals surface area contributed by atoms with Crippen molar-refractivity contribution in [3.63, 3.8) is 0 Å². The number of rotatable bonds is 2. The first-order valence-electron chi connectivity index (χ1n) is 3.11. The summed E-state index contributed by atoms with van der Waals surface area (Å²) in [5.74, 6) is 0.995. The smallest absolute Gasteiger partial charge is 0.256 e. The van der Waals surface area contributed by atoms with Gasteiger partial charge in [0, 0.05) is 6.20 Å². The Hall–Kier alpha value is -1.19. The number of hydrogen-bond acceptors (Lipinski definition) is 3. The zero-order valence-corrected chi connectivity index (χ0v) is 6.50. The van der Waals surface area contributed by atoms with Crippen LogP contribution < -0.4 is 14.9 Å². The van der Waals surface area contributed by atoms with Gasteiger partial charge in [-0.15, -0.1) is 0 Å². The van der Waals surface area contributed by atoms with Crippen molar-refractivity contribution in [2.75, 3.05) is 14.2 Å². The van der Waals surface area contributed by atoms with Crippen molar-refractivity contribution in [1.82, 2.24) is 4.98 Å². The van der Waals surface area contributed by atoms with Crippen LogP contribution in [0.3, 0.4) is 0 Å². The van der Waals surface area contributed by atoms with E-state index in [1.165, 1.54) is 13.3 Å². The molecule has 0 bridgehead atoms. The van der Waals surface area contributed by atoms with Gasteiger partial charge < -0.3 is 9.47 Å². The van der Waals surface area contributed by atoms with Crippen molar-refractivity contribution >= 4 is 13.3 Å². The molecule has 0 fully saturated rings. The maximum absolute atomic E-state index is 5.46. The molecule has 0 aliphatic rings. The zero-order valence-electron chi connectivity index (χ0n) is 6.50. The Bertz CT molecular complexity index is 252. The molecule has 0 spiro atoms. The minimum atomic E-state index is 0.446. The van der Waals surface area contributed by atoms with E-state index in [2.05, 4.69) is 4.98 Å². The molecule has 3 nitrogen and oxygen atoms in total. The van der Waals surface area contributed by atoms with Crippen LogP contribution in [0.5, 0.6) is 11.6 Å². The fourth-order valence-corrected chi connectivity index (χ4v) is 0.747. The normalized spacial score (nSPS) is 9.27. The number of ether oxygens (including phenoxy) is 2. The SMILES string of the molecule is [B]c1cnc(OC)c(OC)c1. The summed E-state index contributed by atoms with van der Waals surface area (Å²) in [4.78, 5) is 3.90. The molecule has 0 amide bonds. The molecule has 0 unspecified atom stereocenters. The first-order valence-corrected chi connectivity index (χ1v) is 3.11. The van der Waals surface area contributed by atoms with Crippen LogP contribution >= 0.6 is 0 Å². The van der Waals surface area contributed by atoms with Crippen LogP contribution in [0.2, 0.25) is 0 Å². The highest BCUT2D eigenvalue weighted by molar-refractivity contribution is 6.32. The van der Waals surface area contributed by atoms with Crippen molar-refractivity contribution in [2.24, 2.45) is 0 Å². The van der Waals surface area contributed by atoms with Gasteiger partial charge in [-0.3, -0.25) is 0 Å². The molecule has 0 saturated heterocycles. The van der Waals surface area contributed by atoms with Crippen LogP contribution in [0.15, 0.2) is 12.3 Å². The molecule has 2 radical (unpaired) electrons. The van der Waals surface area contributed by atoms with Crippen molar-refractivity contribution in [3.8, 4) is 11.6 Å². The Morgan fingerprint density at radius 1 is 1.36 bits per heavy atom. The second kappa shape index (κ2) is 3.28. The molecule has 0 saturated carbocycles. The van der Waals surface area contributed by atoms with E-state index in [0.717, 1.165) is 0 Å². The van der Waals surface area contributed by atoms with Gasteiger partial charge in [-0.05, 0) is 6.07 Å². The van der Waals surface area contributed by atoms with Crippen LogP contribution in [0.1, 0.15) is 0 Å².